The second kappa shape index (κ2) is 12.0. The van der Waals surface area contributed by atoms with E-state index in [0.29, 0.717) is 25.1 Å². The van der Waals surface area contributed by atoms with Gasteiger partial charge in [0.05, 0.1) is 40.8 Å². The van der Waals surface area contributed by atoms with Crippen molar-refractivity contribution in [3.8, 4) is 0 Å². The van der Waals surface area contributed by atoms with Crippen LogP contribution in [-0.2, 0) is 20.7 Å². The average molecular weight is 578 g/mol. The summed E-state index contributed by atoms with van der Waals surface area (Å²) >= 11 is 8.10. The first-order valence-corrected chi connectivity index (χ1v) is 15.8. The second-order valence-electron chi connectivity index (χ2n) is 11.4. The number of carbonyl (C=O) groups is 2. The summed E-state index contributed by atoms with van der Waals surface area (Å²) in [4.78, 5) is 39.9. The molecule has 0 spiro atoms. The third-order valence-corrected chi connectivity index (χ3v) is 10.8. The second-order valence-corrected chi connectivity index (χ2v) is 13.3. The maximum atomic E-state index is 15.9. The zero-order valence-electron chi connectivity index (χ0n) is 22.1. The number of alkyl halides is 2. The lowest BCUT2D eigenvalue weighted by atomic mass is 9.71. The first kappa shape index (κ1) is 27.4. The highest BCUT2D eigenvalue weighted by Crippen LogP contribution is 2.48. The maximum Gasteiger partial charge on any atom is 0.256 e. The number of ketones is 1. The summed E-state index contributed by atoms with van der Waals surface area (Å²) in [5.41, 5.74) is 1.03. The largest absolute Gasteiger partial charge is 0.369 e. The summed E-state index contributed by atoms with van der Waals surface area (Å²) in [6, 6.07) is -0.238. The number of nitrogens with zero attached hydrogens (tertiary/aromatic N) is 4. The van der Waals surface area contributed by atoms with E-state index in [9.17, 15) is 9.59 Å². The molecule has 0 radical (unpaired) electrons. The fourth-order valence-electron chi connectivity index (χ4n) is 7.07. The van der Waals surface area contributed by atoms with Crippen LogP contribution in [-0.4, -0.2) is 104 Å². The van der Waals surface area contributed by atoms with Crippen LogP contribution in [0.5, 0.6) is 0 Å². The summed E-state index contributed by atoms with van der Waals surface area (Å²) in [7, 11) is 0. The van der Waals surface area contributed by atoms with Gasteiger partial charge in [0.25, 0.3) is 5.91 Å². The van der Waals surface area contributed by atoms with Crippen LogP contribution in [0.1, 0.15) is 44.2 Å². The van der Waals surface area contributed by atoms with Crippen molar-refractivity contribution in [3.63, 3.8) is 0 Å². The third kappa shape index (κ3) is 5.72. The average Bonchev–Trinajstić information content (AvgIpc) is 3.45. The molecule has 6 rings (SSSR count). The van der Waals surface area contributed by atoms with Crippen LogP contribution in [0.15, 0.2) is 30.4 Å². The Morgan fingerprint density at radius 3 is 2.87 bits per heavy atom. The molecule has 0 aromatic carbocycles. The molecule has 4 heterocycles. The number of hydrogen-bond donors (Lipinski definition) is 1. The van der Waals surface area contributed by atoms with Gasteiger partial charge in [-0.05, 0) is 57.4 Å². The number of fused-ring (bicyclic) bond motifs is 2. The number of morpholine rings is 1. The lowest BCUT2D eigenvalue weighted by Crippen LogP contribution is -2.70. The van der Waals surface area contributed by atoms with Crippen LogP contribution in [0.2, 0.25) is 0 Å². The normalized spacial score (nSPS) is 36.2. The Labute approximate surface area is 238 Å². The number of thioether (sulfide) groups is 1. The van der Waals surface area contributed by atoms with Crippen LogP contribution in [0, 0.1) is 5.92 Å². The smallest absolute Gasteiger partial charge is 0.256 e. The molecular formula is C28H37ClFN5O3S. The summed E-state index contributed by atoms with van der Waals surface area (Å²) in [5, 5.41) is 2.57. The Balaban J connectivity index is 1.21. The fourth-order valence-corrected chi connectivity index (χ4v) is 8.70. The minimum atomic E-state index is -1.21. The van der Waals surface area contributed by atoms with E-state index in [0.717, 1.165) is 38.2 Å². The summed E-state index contributed by atoms with van der Waals surface area (Å²) in [5.74, 6) is -0.513. The molecule has 1 aromatic heterocycles. The SMILES string of the molecule is O=C(NCCN1CCCC1)C1=CN2C3CCC(Cl)CC3OC3C(SCCc4cnccn4)C(F)CC(C1=O)C32. The molecule has 5 aliphatic rings. The van der Waals surface area contributed by atoms with Crippen molar-refractivity contribution in [2.45, 2.75) is 86.0 Å². The molecule has 1 N–H and O–H groups in total. The standard InChI is InChI=1S/C28H37ClFN5O3S/c29-17-3-4-22-23(13-17)38-26-24-19(14-21(30)27(26)39-12-5-18-15-31-6-7-32-18)25(36)20(16-35(22)24)28(37)33-8-11-34-9-1-2-10-34/h6-7,15-17,19,21-24,26-27H,1-5,8-14H2,(H,33,37). The molecule has 8 unspecified atom stereocenters. The van der Waals surface area contributed by atoms with E-state index >= 15 is 4.39 Å². The minimum Gasteiger partial charge on any atom is -0.369 e. The molecule has 8 atom stereocenters. The first-order chi connectivity index (χ1) is 19.0. The summed E-state index contributed by atoms with van der Waals surface area (Å²) in [6.45, 7) is 3.38. The molecule has 212 valence electrons. The minimum absolute atomic E-state index is 0.00915. The van der Waals surface area contributed by atoms with Gasteiger partial charge in [0, 0.05) is 55.6 Å². The molecule has 2 aliphatic carbocycles. The molecule has 0 bridgehead atoms. The topological polar surface area (TPSA) is 87.7 Å². The van der Waals surface area contributed by atoms with Crippen LogP contribution >= 0.6 is 23.4 Å². The number of aryl methyl sites for hydroxylation is 1. The Hall–Kier alpha value is -1.75. The Kier molecular flexibility index (Phi) is 8.44. The molecule has 8 nitrogen and oxygen atoms in total. The van der Waals surface area contributed by atoms with Crippen molar-refractivity contribution >= 4 is 35.1 Å². The van der Waals surface area contributed by atoms with Gasteiger partial charge < -0.3 is 19.9 Å². The predicted molar refractivity (Wildman–Crippen MR) is 148 cm³/mol. The van der Waals surface area contributed by atoms with E-state index in [1.54, 1.807) is 36.6 Å². The Bertz CT molecular complexity index is 1080. The number of likely N-dealkylation sites (tertiary alicyclic amines) is 1. The van der Waals surface area contributed by atoms with Gasteiger partial charge >= 0.3 is 0 Å². The highest BCUT2D eigenvalue weighted by molar-refractivity contribution is 8.00. The monoisotopic (exact) mass is 577 g/mol. The van der Waals surface area contributed by atoms with Crippen LogP contribution in [0.4, 0.5) is 4.39 Å². The molecule has 1 aromatic rings. The third-order valence-electron chi connectivity index (χ3n) is 8.98. The lowest BCUT2D eigenvalue weighted by molar-refractivity contribution is -0.184. The van der Waals surface area contributed by atoms with Gasteiger partial charge in [0.2, 0.25) is 0 Å². The molecule has 4 fully saturated rings. The highest BCUT2D eigenvalue weighted by atomic mass is 35.5. The summed E-state index contributed by atoms with van der Waals surface area (Å²) < 4.78 is 22.5. The van der Waals surface area contributed by atoms with Gasteiger partial charge in [0.15, 0.2) is 5.78 Å². The first-order valence-electron chi connectivity index (χ1n) is 14.3. The number of ether oxygens (including phenoxy) is 1. The van der Waals surface area contributed by atoms with Crippen molar-refractivity contribution in [2.75, 3.05) is 31.9 Å². The van der Waals surface area contributed by atoms with Crippen LogP contribution in [0.3, 0.4) is 0 Å². The summed E-state index contributed by atoms with van der Waals surface area (Å²) in [6.07, 6.45) is 10.5. The number of Topliss-reactive ketones (excluding diaryl/α,β-unsaturated/α-hetero) is 1. The molecular weight excluding hydrogens is 541 g/mol. The van der Waals surface area contributed by atoms with Crippen molar-refractivity contribution in [2.24, 2.45) is 5.92 Å². The number of amides is 1. The van der Waals surface area contributed by atoms with E-state index in [2.05, 4.69) is 25.1 Å². The van der Waals surface area contributed by atoms with E-state index < -0.39 is 23.4 Å². The lowest BCUT2D eigenvalue weighted by Gasteiger charge is -2.59. The quantitative estimate of drug-likeness (QED) is 0.373. The van der Waals surface area contributed by atoms with Crippen molar-refractivity contribution < 1.29 is 18.7 Å². The Morgan fingerprint density at radius 2 is 2.08 bits per heavy atom. The zero-order valence-corrected chi connectivity index (χ0v) is 23.7. The molecule has 1 amide bonds. The molecule has 2 saturated carbocycles. The van der Waals surface area contributed by atoms with E-state index in [1.165, 1.54) is 12.8 Å². The molecule has 39 heavy (non-hydrogen) atoms. The number of carbonyl (C=O) groups excluding carboxylic acids is 2. The van der Waals surface area contributed by atoms with Crippen molar-refractivity contribution in [3.05, 3.63) is 36.1 Å². The van der Waals surface area contributed by atoms with Gasteiger partial charge in [-0.1, -0.05) is 0 Å². The van der Waals surface area contributed by atoms with Crippen LogP contribution < -0.4 is 5.32 Å². The van der Waals surface area contributed by atoms with E-state index in [1.807, 2.05) is 0 Å². The van der Waals surface area contributed by atoms with Crippen LogP contribution in [0.25, 0.3) is 0 Å². The number of nitrogens with one attached hydrogen (secondary N) is 1. The number of halogens is 2. The molecule has 2 saturated heterocycles. The van der Waals surface area contributed by atoms with Gasteiger partial charge in [-0.15, -0.1) is 11.6 Å². The van der Waals surface area contributed by atoms with Crippen molar-refractivity contribution in [1.29, 1.82) is 0 Å². The maximum absolute atomic E-state index is 15.9. The molecule has 3 aliphatic heterocycles. The van der Waals surface area contributed by atoms with Gasteiger partial charge in [-0.2, -0.15) is 11.8 Å². The number of rotatable bonds is 8. The Morgan fingerprint density at radius 1 is 1.23 bits per heavy atom. The van der Waals surface area contributed by atoms with Gasteiger partial charge in [-0.3, -0.25) is 19.6 Å². The number of hydrogen-bond acceptors (Lipinski definition) is 8. The van der Waals surface area contributed by atoms with Gasteiger partial charge in [0.1, 0.15) is 6.17 Å². The zero-order chi connectivity index (χ0) is 26.9. The highest BCUT2D eigenvalue weighted by Gasteiger charge is 2.58. The van der Waals surface area contributed by atoms with E-state index in [-0.39, 0.29) is 47.2 Å². The van der Waals surface area contributed by atoms with E-state index in [4.69, 9.17) is 16.3 Å². The molecule has 11 heteroatoms. The predicted octanol–water partition coefficient (Wildman–Crippen LogP) is 2.76. The fraction of sp³-hybridized carbons (Fsp3) is 0.714. The van der Waals surface area contributed by atoms with Crippen molar-refractivity contribution in [1.82, 2.24) is 25.1 Å². The number of aromatic nitrogens is 2. The van der Waals surface area contributed by atoms with Gasteiger partial charge in [-0.25, -0.2) is 4.39 Å².